The summed E-state index contributed by atoms with van der Waals surface area (Å²) in [6.45, 7) is 4.54. The molecular formula is C29H30F3N5O6. The van der Waals surface area contributed by atoms with Gasteiger partial charge in [-0.3, -0.25) is 0 Å². The van der Waals surface area contributed by atoms with E-state index in [-0.39, 0.29) is 11.8 Å². The van der Waals surface area contributed by atoms with Crippen molar-refractivity contribution in [2.45, 2.75) is 39.4 Å². The Morgan fingerprint density at radius 3 is 2.21 bits per heavy atom. The molecule has 0 radical (unpaired) electrons. The molecule has 4 rings (SSSR count). The number of nitrogens with one attached hydrogen (secondary N) is 1. The smallest absolute Gasteiger partial charge is 0.475 e. The number of halogens is 3. The van der Waals surface area contributed by atoms with Crippen LogP contribution in [-0.4, -0.2) is 68.1 Å². The molecule has 3 N–H and O–H groups in total. The number of anilines is 1. The number of benzene rings is 2. The van der Waals surface area contributed by atoms with Gasteiger partial charge in [0.1, 0.15) is 11.6 Å². The van der Waals surface area contributed by atoms with Crippen molar-refractivity contribution in [3.05, 3.63) is 71.7 Å². The van der Waals surface area contributed by atoms with Gasteiger partial charge in [0.25, 0.3) is 0 Å². The van der Waals surface area contributed by atoms with E-state index < -0.39 is 18.3 Å². The summed E-state index contributed by atoms with van der Waals surface area (Å²) in [5.41, 5.74) is 5.45. The third-order valence-corrected chi connectivity index (χ3v) is 6.06. The number of carboxylic acids is 1. The molecule has 228 valence electrons. The van der Waals surface area contributed by atoms with Crippen LogP contribution in [0.4, 0.5) is 28.4 Å². The van der Waals surface area contributed by atoms with E-state index in [2.05, 4.69) is 21.8 Å². The molecule has 0 saturated carbocycles. The van der Waals surface area contributed by atoms with Gasteiger partial charge in [-0.1, -0.05) is 49.4 Å². The molecule has 0 aliphatic heterocycles. The standard InChI is InChI=1S/C27H29N5O4.C2HF3O2/c1-5-8-24-30-25-22(15-21(17(2)28-25)29-26(33)31(3)4)32(24)16-18-11-13-19(14-12-18)20-9-6-7-10-23(20)36-27(34)35;3-2(4,5)1(6)7/h6-7,9-15H,5,8,16H2,1-4H3,(H,29,33)(H,34,35);(H,6,7). The van der Waals surface area contributed by atoms with Gasteiger partial charge in [-0.05, 0) is 36.6 Å². The van der Waals surface area contributed by atoms with Crippen molar-refractivity contribution < 1.29 is 42.5 Å². The van der Waals surface area contributed by atoms with Gasteiger partial charge < -0.3 is 29.7 Å². The lowest BCUT2D eigenvalue weighted by Crippen LogP contribution is -2.27. The molecule has 0 spiro atoms. The molecule has 11 nitrogen and oxygen atoms in total. The highest BCUT2D eigenvalue weighted by Crippen LogP contribution is 2.31. The zero-order valence-corrected chi connectivity index (χ0v) is 23.8. The Balaban J connectivity index is 0.000000646. The predicted molar refractivity (Wildman–Crippen MR) is 152 cm³/mol. The third kappa shape index (κ3) is 8.44. The van der Waals surface area contributed by atoms with E-state index in [0.717, 1.165) is 35.3 Å². The average molecular weight is 602 g/mol. The number of ether oxygens (including phenoxy) is 1. The molecule has 2 aromatic heterocycles. The lowest BCUT2D eigenvalue weighted by atomic mass is 10.0. The maximum absolute atomic E-state index is 12.2. The van der Waals surface area contributed by atoms with Gasteiger partial charge in [-0.25, -0.2) is 24.4 Å². The van der Waals surface area contributed by atoms with Crippen LogP contribution in [-0.2, 0) is 17.8 Å². The van der Waals surface area contributed by atoms with Crippen molar-refractivity contribution in [1.29, 1.82) is 0 Å². The monoisotopic (exact) mass is 601 g/mol. The number of imidazole rings is 1. The number of nitrogens with zero attached hydrogens (tertiary/aromatic N) is 4. The number of aryl methyl sites for hydroxylation is 2. The Kier molecular flexibility index (Phi) is 10.3. The molecule has 0 unspecified atom stereocenters. The largest absolute Gasteiger partial charge is 0.511 e. The van der Waals surface area contributed by atoms with E-state index in [1.54, 1.807) is 26.2 Å². The minimum atomic E-state index is -5.08. The first kappa shape index (κ1) is 32.4. The molecule has 0 fully saturated rings. The first-order chi connectivity index (χ1) is 20.2. The van der Waals surface area contributed by atoms with Crippen molar-refractivity contribution >= 4 is 35.0 Å². The van der Waals surface area contributed by atoms with Crippen LogP contribution in [0.2, 0.25) is 0 Å². The fourth-order valence-corrected chi connectivity index (χ4v) is 3.99. The summed E-state index contributed by atoms with van der Waals surface area (Å²) < 4.78 is 38.8. The van der Waals surface area contributed by atoms with E-state index in [4.69, 9.17) is 24.7 Å². The number of hydrogen-bond acceptors (Lipinski definition) is 6. The minimum Gasteiger partial charge on any atom is -0.475 e. The molecule has 0 bridgehead atoms. The number of alkyl halides is 3. The van der Waals surface area contributed by atoms with Gasteiger partial charge in [0.2, 0.25) is 0 Å². The highest BCUT2D eigenvalue weighted by Gasteiger charge is 2.38. The third-order valence-electron chi connectivity index (χ3n) is 6.06. The van der Waals surface area contributed by atoms with Gasteiger partial charge >= 0.3 is 24.3 Å². The van der Waals surface area contributed by atoms with Crippen molar-refractivity contribution in [3.63, 3.8) is 0 Å². The number of carbonyl (C=O) groups is 3. The topological polar surface area (TPSA) is 147 Å². The Labute approximate surface area is 244 Å². The number of para-hydroxylation sites is 1. The summed E-state index contributed by atoms with van der Waals surface area (Å²) in [6.07, 6.45) is -4.70. The summed E-state index contributed by atoms with van der Waals surface area (Å²) >= 11 is 0. The van der Waals surface area contributed by atoms with Crippen LogP contribution in [0, 0.1) is 6.92 Å². The Morgan fingerprint density at radius 2 is 1.65 bits per heavy atom. The highest BCUT2D eigenvalue weighted by molar-refractivity contribution is 5.91. The average Bonchev–Trinajstić information content (AvgIpc) is 3.24. The zero-order chi connectivity index (χ0) is 31.9. The number of aliphatic carboxylic acids is 1. The van der Waals surface area contributed by atoms with E-state index >= 15 is 0 Å². The van der Waals surface area contributed by atoms with Crippen molar-refractivity contribution in [2.75, 3.05) is 19.4 Å². The van der Waals surface area contributed by atoms with E-state index in [1.165, 1.54) is 4.90 Å². The van der Waals surface area contributed by atoms with Crippen molar-refractivity contribution in [3.8, 4) is 16.9 Å². The van der Waals surface area contributed by atoms with E-state index in [0.29, 0.717) is 29.1 Å². The quantitative estimate of drug-likeness (QED) is 0.168. The SMILES string of the molecule is CCCc1nc2nc(C)c(NC(=O)N(C)C)cc2n1Cc1ccc(-c2ccccc2OC(=O)O)cc1.O=C(O)C(F)(F)F. The summed E-state index contributed by atoms with van der Waals surface area (Å²) in [5, 5.41) is 19.1. The predicted octanol–water partition coefficient (Wildman–Crippen LogP) is 6.19. The number of amides is 2. The lowest BCUT2D eigenvalue weighted by molar-refractivity contribution is -0.192. The molecule has 0 aliphatic rings. The Morgan fingerprint density at radius 1 is 1.02 bits per heavy atom. The first-order valence-electron chi connectivity index (χ1n) is 13.0. The second kappa shape index (κ2) is 13.7. The summed E-state index contributed by atoms with van der Waals surface area (Å²) in [7, 11) is 3.38. The first-order valence-corrected chi connectivity index (χ1v) is 13.0. The molecule has 0 atom stereocenters. The zero-order valence-electron chi connectivity index (χ0n) is 23.8. The van der Waals surface area contributed by atoms with Crippen LogP contribution in [0.15, 0.2) is 54.6 Å². The number of fused-ring (bicyclic) bond motifs is 1. The molecule has 14 heteroatoms. The maximum Gasteiger partial charge on any atom is 0.511 e. The van der Waals surface area contributed by atoms with E-state index in [1.807, 2.05) is 49.4 Å². The number of carbonyl (C=O) groups excluding carboxylic acids is 1. The second-order valence-electron chi connectivity index (χ2n) is 9.52. The highest BCUT2D eigenvalue weighted by atomic mass is 19.4. The normalized spacial score (nSPS) is 11.0. The second-order valence-corrected chi connectivity index (χ2v) is 9.52. The minimum absolute atomic E-state index is 0.221. The van der Waals surface area contributed by atoms with Gasteiger partial charge in [-0.2, -0.15) is 13.2 Å². The van der Waals surface area contributed by atoms with Crippen LogP contribution in [0.3, 0.4) is 0 Å². The molecule has 2 aromatic carbocycles. The van der Waals surface area contributed by atoms with E-state index in [9.17, 15) is 22.8 Å². The number of aromatic nitrogens is 3. The van der Waals surface area contributed by atoms with Gasteiger partial charge in [0.15, 0.2) is 5.65 Å². The molecule has 4 aromatic rings. The van der Waals surface area contributed by atoms with Crippen LogP contribution in [0.25, 0.3) is 22.3 Å². The van der Waals surface area contributed by atoms with Crippen LogP contribution < -0.4 is 10.1 Å². The summed E-state index contributed by atoms with van der Waals surface area (Å²) in [6, 6.07) is 16.7. The van der Waals surface area contributed by atoms with Crippen molar-refractivity contribution in [1.82, 2.24) is 19.4 Å². The van der Waals surface area contributed by atoms with Gasteiger partial charge in [0, 0.05) is 32.6 Å². The molecule has 2 amide bonds. The number of urea groups is 1. The molecule has 0 aliphatic carbocycles. The molecule has 43 heavy (non-hydrogen) atoms. The van der Waals surface area contributed by atoms with Crippen LogP contribution in [0.1, 0.15) is 30.4 Å². The van der Waals surface area contributed by atoms with Gasteiger partial charge in [-0.15, -0.1) is 0 Å². The molecular weight excluding hydrogens is 571 g/mol. The van der Waals surface area contributed by atoms with Crippen molar-refractivity contribution in [2.24, 2.45) is 0 Å². The summed E-state index contributed by atoms with van der Waals surface area (Å²) in [5.74, 6) is -1.54. The maximum atomic E-state index is 12.2. The van der Waals surface area contributed by atoms with Crippen LogP contribution in [0.5, 0.6) is 5.75 Å². The van der Waals surface area contributed by atoms with Gasteiger partial charge in [0.05, 0.1) is 16.9 Å². The van der Waals surface area contributed by atoms with Crippen LogP contribution >= 0.6 is 0 Å². The Bertz CT molecular complexity index is 1620. The number of carboxylic acid groups (broad SMARTS) is 2. The fraction of sp³-hybridized carbons (Fsp3) is 0.276. The lowest BCUT2D eigenvalue weighted by Gasteiger charge is -2.14. The number of hydrogen-bond donors (Lipinski definition) is 3. The molecule has 0 saturated heterocycles. The summed E-state index contributed by atoms with van der Waals surface area (Å²) in [4.78, 5) is 43.1. The number of rotatable bonds is 7. The fourth-order valence-electron chi connectivity index (χ4n) is 3.99. The molecule has 2 heterocycles. The Hall–Kier alpha value is -5.14. The number of pyridine rings is 1.